The molecule has 1 atom stereocenters. The Morgan fingerprint density at radius 3 is 2.25 bits per heavy atom. The lowest BCUT2D eigenvalue weighted by atomic mass is 10.1. The molecule has 9 heteroatoms. The minimum absolute atomic E-state index is 0.168. The van der Waals surface area contributed by atoms with Gasteiger partial charge in [0.1, 0.15) is 12.3 Å². The van der Waals surface area contributed by atoms with Crippen molar-refractivity contribution in [1.29, 1.82) is 0 Å². The van der Waals surface area contributed by atoms with Crippen molar-refractivity contribution in [1.82, 2.24) is 10.6 Å². The molecule has 0 saturated carbocycles. The lowest BCUT2D eigenvalue weighted by Gasteiger charge is -2.08. The van der Waals surface area contributed by atoms with Crippen molar-refractivity contribution in [3.8, 4) is 5.75 Å². The highest BCUT2D eigenvalue weighted by molar-refractivity contribution is 5.99. The molecule has 0 radical (unpaired) electrons. The van der Waals surface area contributed by atoms with Crippen molar-refractivity contribution in [3.63, 3.8) is 0 Å². The maximum atomic E-state index is 11.8. The molecule has 0 unspecified atom stereocenters. The molecule has 1 aromatic carbocycles. The van der Waals surface area contributed by atoms with Gasteiger partial charge in [-0.2, -0.15) is 0 Å². The van der Waals surface area contributed by atoms with E-state index in [2.05, 4.69) is 10.6 Å². The molecule has 0 spiro atoms. The fourth-order valence-electron chi connectivity index (χ4n) is 1.55. The van der Waals surface area contributed by atoms with Crippen molar-refractivity contribution < 1.29 is 23.9 Å². The van der Waals surface area contributed by atoms with Crippen LogP contribution in [0, 0.1) is 0 Å². The third-order valence-corrected chi connectivity index (χ3v) is 2.86. The lowest BCUT2D eigenvalue weighted by molar-refractivity contribution is -0.135. The van der Waals surface area contributed by atoms with Gasteiger partial charge in [-0.15, -0.1) is 0 Å². The van der Waals surface area contributed by atoms with E-state index in [9.17, 15) is 19.2 Å². The van der Waals surface area contributed by atoms with Crippen LogP contribution in [-0.2, 0) is 14.4 Å². The van der Waals surface area contributed by atoms with Crippen molar-refractivity contribution in [2.75, 3.05) is 19.6 Å². The molecule has 130 valence electrons. The molecule has 9 nitrogen and oxygen atoms in total. The van der Waals surface area contributed by atoms with Gasteiger partial charge in [-0.1, -0.05) is 0 Å². The van der Waals surface area contributed by atoms with Crippen LogP contribution < -0.4 is 26.8 Å². The molecule has 0 aliphatic heterocycles. The first-order valence-electron chi connectivity index (χ1n) is 7.17. The number of amides is 2. The summed E-state index contributed by atoms with van der Waals surface area (Å²) in [6.45, 7) is 0.818. The first-order valence-corrected chi connectivity index (χ1v) is 7.17. The van der Waals surface area contributed by atoms with Crippen LogP contribution in [0.4, 0.5) is 0 Å². The van der Waals surface area contributed by atoms with Gasteiger partial charge in [0.2, 0.25) is 11.8 Å². The molecule has 0 fully saturated rings. The minimum Gasteiger partial charge on any atom is -0.425 e. The Hall–Kier alpha value is -2.78. The SMILES string of the molecule is C[C@H](N)C(=O)NCC(=O)Oc1ccc(C(=O)CNC(=O)CN)cc1. The summed E-state index contributed by atoms with van der Waals surface area (Å²) in [7, 11) is 0. The third-order valence-electron chi connectivity index (χ3n) is 2.86. The van der Waals surface area contributed by atoms with Crippen LogP contribution in [0.5, 0.6) is 5.75 Å². The zero-order valence-electron chi connectivity index (χ0n) is 13.2. The van der Waals surface area contributed by atoms with Gasteiger partial charge in [0.25, 0.3) is 0 Å². The number of nitrogens with one attached hydrogen (secondary N) is 2. The molecular weight excluding hydrogens is 316 g/mol. The van der Waals surface area contributed by atoms with Crippen molar-refractivity contribution in [2.45, 2.75) is 13.0 Å². The van der Waals surface area contributed by atoms with Gasteiger partial charge in [-0.3, -0.25) is 14.4 Å². The van der Waals surface area contributed by atoms with Gasteiger partial charge in [0.15, 0.2) is 5.78 Å². The van der Waals surface area contributed by atoms with Crippen molar-refractivity contribution >= 4 is 23.6 Å². The predicted octanol–water partition coefficient (Wildman–Crippen LogP) is -1.69. The summed E-state index contributed by atoms with van der Waals surface area (Å²) < 4.78 is 5.00. The lowest BCUT2D eigenvalue weighted by Crippen LogP contribution is -2.41. The Bertz CT molecular complexity index is 613. The average Bonchev–Trinajstić information content (AvgIpc) is 2.57. The summed E-state index contributed by atoms with van der Waals surface area (Å²) in [5.41, 5.74) is 10.8. The number of carbonyl (C=O) groups is 4. The molecular formula is C15H20N4O5. The highest BCUT2D eigenvalue weighted by atomic mass is 16.5. The van der Waals surface area contributed by atoms with Gasteiger partial charge in [-0.05, 0) is 31.2 Å². The Labute approximate surface area is 138 Å². The van der Waals surface area contributed by atoms with Crippen LogP contribution in [-0.4, -0.2) is 49.2 Å². The topological polar surface area (TPSA) is 154 Å². The number of hydrogen-bond acceptors (Lipinski definition) is 7. The monoisotopic (exact) mass is 336 g/mol. The summed E-state index contributed by atoms with van der Waals surface area (Å²) in [6.07, 6.45) is 0. The number of ether oxygens (including phenoxy) is 1. The Kier molecular flexibility index (Phi) is 7.53. The quantitative estimate of drug-likeness (QED) is 0.251. The van der Waals surface area contributed by atoms with E-state index in [1.807, 2.05) is 0 Å². The number of benzene rings is 1. The Balaban J connectivity index is 2.49. The molecule has 0 saturated heterocycles. The molecule has 0 heterocycles. The summed E-state index contributed by atoms with van der Waals surface area (Å²) in [5, 5.41) is 4.69. The fourth-order valence-corrected chi connectivity index (χ4v) is 1.55. The number of nitrogens with two attached hydrogens (primary N) is 2. The molecule has 0 bridgehead atoms. The summed E-state index contributed by atoms with van der Waals surface area (Å²) in [4.78, 5) is 45.6. The highest BCUT2D eigenvalue weighted by Crippen LogP contribution is 2.12. The second kappa shape index (κ2) is 9.38. The molecule has 1 aromatic rings. The maximum absolute atomic E-state index is 11.8. The van der Waals surface area contributed by atoms with Crippen molar-refractivity contribution in [3.05, 3.63) is 29.8 Å². The number of rotatable bonds is 8. The number of esters is 1. The molecule has 0 aliphatic carbocycles. The summed E-state index contributed by atoms with van der Waals surface area (Å²) in [5.74, 6) is -1.65. The van der Waals surface area contributed by atoms with Crippen LogP contribution in [0.15, 0.2) is 24.3 Å². The van der Waals surface area contributed by atoms with Gasteiger partial charge < -0.3 is 26.8 Å². The van der Waals surface area contributed by atoms with E-state index in [0.717, 1.165) is 0 Å². The predicted molar refractivity (Wildman–Crippen MR) is 85.1 cm³/mol. The first kappa shape index (κ1) is 19.3. The van der Waals surface area contributed by atoms with E-state index in [1.54, 1.807) is 0 Å². The van der Waals surface area contributed by atoms with E-state index in [0.29, 0.717) is 5.56 Å². The van der Waals surface area contributed by atoms with Crippen LogP contribution in [0.3, 0.4) is 0 Å². The van der Waals surface area contributed by atoms with Crippen LogP contribution in [0.25, 0.3) is 0 Å². The van der Waals surface area contributed by atoms with Gasteiger partial charge in [0.05, 0.1) is 19.1 Å². The summed E-state index contributed by atoms with van der Waals surface area (Å²) in [6, 6.07) is 5.06. The molecule has 2 amide bonds. The maximum Gasteiger partial charge on any atom is 0.330 e. The normalized spacial score (nSPS) is 11.3. The molecule has 6 N–H and O–H groups in total. The second-order valence-electron chi connectivity index (χ2n) is 4.91. The van der Waals surface area contributed by atoms with Gasteiger partial charge >= 0.3 is 5.97 Å². The number of hydrogen-bond donors (Lipinski definition) is 4. The second-order valence-corrected chi connectivity index (χ2v) is 4.91. The fraction of sp³-hybridized carbons (Fsp3) is 0.333. The van der Waals surface area contributed by atoms with E-state index < -0.39 is 23.8 Å². The molecule has 0 aromatic heterocycles. The summed E-state index contributed by atoms with van der Waals surface area (Å²) >= 11 is 0. The van der Waals surface area contributed by atoms with E-state index >= 15 is 0 Å². The zero-order valence-corrected chi connectivity index (χ0v) is 13.2. The largest absolute Gasteiger partial charge is 0.425 e. The van der Waals surface area contributed by atoms with Crippen LogP contribution in [0.2, 0.25) is 0 Å². The Morgan fingerprint density at radius 1 is 1.08 bits per heavy atom. The van der Waals surface area contributed by atoms with Crippen molar-refractivity contribution in [2.24, 2.45) is 11.5 Å². The van der Waals surface area contributed by atoms with E-state index in [-0.39, 0.29) is 31.2 Å². The third kappa shape index (κ3) is 6.55. The zero-order chi connectivity index (χ0) is 18.1. The molecule has 1 rings (SSSR count). The average molecular weight is 336 g/mol. The van der Waals surface area contributed by atoms with E-state index in [4.69, 9.17) is 16.2 Å². The minimum atomic E-state index is -0.720. The molecule has 24 heavy (non-hydrogen) atoms. The number of ketones is 1. The van der Waals surface area contributed by atoms with Crippen LogP contribution >= 0.6 is 0 Å². The smallest absolute Gasteiger partial charge is 0.330 e. The van der Waals surface area contributed by atoms with Gasteiger partial charge in [0, 0.05) is 5.56 Å². The highest BCUT2D eigenvalue weighted by Gasteiger charge is 2.12. The number of carbonyl (C=O) groups excluding carboxylic acids is 4. The number of Topliss-reactive ketones (excluding diaryl/α,β-unsaturated/α-hetero) is 1. The standard InChI is InChI=1S/C15H20N4O5/c1-9(17)15(23)19-8-14(22)24-11-4-2-10(3-5-11)12(20)7-18-13(21)6-16/h2-5,9H,6-8,16-17H2,1H3,(H,18,21)(H,19,23)/t9-/m0/s1. The van der Waals surface area contributed by atoms with E-state index in [1.165, 1.54) is 31.2 Å². The molecule has 0 aliphatic rings. The van der Waals surface area contributed by atoms with Crippen LogP contribution in [0.1, 0.15) is 17.3 Å². The Morgan fingerprint density at radius 2 is 1.71 bits per heavy atom. The van der Waals surface area contributed by atoms with Gasteiger partial charge in [-0.25, -0.2) is 4.79 Å². The first-order chi connectivity index (χ1) is 11.3.